The summed E-state index contributed by atoms with van der Waals surface area (Å²) in [7, 11) is -1.43. The van der Waals surface area contributed by atoms with Crippen LogP contribution in [0, 0.1) is 0 Å². The number of fused-ring (bicyclic) bond motifs is 1. The summed E-state index contributed by atoms with van der Waals surface area (Å²) in [6, 6.07) is 4.60. The maximum atomic E-state index is 12.5. The molecular formula is C18H19BN8O6. The lowest BCUT2D eigenvalue weighted by molar-refractivity contribution is -0.122. The summed E-state index contributed by atoms with van der Waals surface area (Å²) in [4.78, 5) is 42.0. The fourth-order valence-electron chi connectivity index (χ4n) is 3.50. The number of hydrogen-bond donors (Lipinski definition) is 6. The molecule has 0 unspecified atom stereocenters. The number of aromatic nitrogens is 5. The zero-order valence-electron chi connectivity index (χ0n) is 17.1. The number of anilines is 2. The Hall–Kier alpha value is -4.40. The second-order valence-corrected chi connectivity index (χ2v) is 7.38. The highest BCUT2D eigenvalue weighted by Gasteiger charge is 2.37. The maximum absolute atomic E-state index is 12.5. The number of carbonyl (C=O) groups is 2. The molecular weight excluding hydrogens is 435 g/mol. The number of aromatic amines is 1. The molecule has 0 bridgehead atoms. The van der Waals surface area contributed by atoms with Gasteiger partial charge in [0, 0.05) is 12.6 Å². The number of hydrogen-bond acceptors (Lipinski definition) is 10. The molecule has 1 atom stereocenters. The molecule has 15 heteroatoms. The van der Waals surface area contributed by atoms with Crippen LogP contribution in [-0.4, -0.2) is 60.0 Å². The van der Waals surface area contributed by atoms with Crippen molar-refractivity contribution in [2.45, 2.75) is 25.3 Å². The maximum Gasteiger partial charge on any atom is 0.547 e. The van der Waals surface area contributed by atoms with Crippen molar-refractivity contribution in [2.75, 3.05) is 11.5 Å². The fourth-order valence-corrected chi connectivity index (χ4v) is 3.50. The molecule has 14 nitrogen and oxygen atoms in total. The molecule has 0 saturated carbocycles. The number of amides is 1. The molecule has 33 heavy (non-hydrogen) atoms. The van der Waals surface area contributed by atoms with E-state index in [9.17, 15) is 24.5 Å². The summed E-state index contributed by atoms with van der Waals surface area (Å²) in [5, 5.41) is 29.9. The number of nitrogen functional groups attached to an aromatic ring is 2. The quantitative estimate of drug-likeness (QED) is 0.222. The zero-order valence-corrected chi connectivity index (χ0v) is 17.1. The van der Waals surface area contributed by atoms with Gasteiger partial charge in [-0.3, -0.25) is 14.6 Å². The van der Waals surface area contributed by atoms with E-state index in [1.54, 1.807) is 12.1 Å². The van der Waals surface area contributed by atoms with Crippen LogP contribution >= 0.6 is 0 Å². The van der Waals surface area contributed by atoms with Crippen molar-refractivity contribution in [1.82, 2.24) is 30.3 Å². The molecule has 0 fully saturated rings. The van der Waals surface area contributed by atoms with Gasteiger partial charge in [0.15, 0.2) is 0 Å². The molecule has 2 aromatic heterocycles. The van der Waals surface area contributed by atoms with Gasteiger partial charge in [-0.2, -0.15) is 4.98 Å². The number of carbonyl (C=O) groups excluding carboxylic acids is 1. The summed E-state index contributed by atoms with van der Waals surface area (Å²) in [6.45, 7) is -0.218. The van der Waals surface area contributed by atoms with E-state index in [2.05, 4.69) is 25.6 Å². The first-order valence-electron chi connectivity index (χ1n) is 9.73. The van der Waals surface area contributed by atoms with Crippen LogP contribution in [0.1, 0.15) is 27.2 Å². The largest absolute Gasteiger partial charge is 0.547 e. The van der Waals surface area contributed by atoms with Gasteiger partial charge in [0.05, 0.1) is 22.8 Å². The molecule has 170 valence electrons. The van der Waals surface area contributed by atoms with Crippen LogP contribution in [-0.2, 0) is 24.2 Å². The highest BCUT2D eigenvalue weighted by molar-refractivity contribution is 6.47. The van der Waals surface area contributed by atoms with Gasteiger partial charge in [-0.25, -0.2) is 9.48 Å². The van der Waals surface area contributed by atoms with Gasteiger partial charge < -0.3 is 31.6 Å². The summed E-state index contributed by atoms with van der Waals surface area (Å²) < 4.78 is 6.61. The highest BCUT2D eigenvalue weighted by atomic mass is 16.5. The number of para-hydroxylation sites is 1. The number of carboxylic acids is 1. The third-order valence-corrected chi connectivity index (χ3v) is 5.01. The molecule has 1 aliphatic heterocycles. The molecule has 0 spiro atoms. The van der Waals surface area contributed by atoms with Gasteiger partial charge in [0.2, 0.25) is 11.9 Å². The first-order chi connectivity index (χ1) is 15.7. The normalized spacial score (nSPS) is 14.9. The number of rotatable bonds is 6. The van der Waals surface area contributed by atoms with Gasteiger partial charge in [-0.05, 0) is 18.1 Å². The lowest BCUT2D eigenvalue weighted by Crippen LogP contribution is -2.53. The third kappa shape index (κ3) is 4.62. The predicted molar refractivity (Wildman–Crippen MR) is 114 cm³/mol. The van der Waals surface area contributed by atoms with Gasteiger partial charge in [-0.1, -0.05) is 17.3 Å². The summed E-state index contributed by atoms with van der Waals surface area (Å²) in [5.74, 6) is -2.50. The Bertz CT molecular complexity index is 1290. The summed E-state index contributed by atoms with van der Waals surface area (Å²) in [6.07, 6.45) is 1.68. The number of nitrogens with two attached hydrogens (primary N) is 2. The van der Waals surface area contributed by atoms with E-state index in [1.807, 2.05) is 0 Å². The summed E-state index contributed by atoms with van der Waals surface area (Å²) >= 11 is 0. The van der Waals surface area contributed by atoms with Crippen molar-refractivity contribution < 1.29 is 24.4 Å². The molecule has 0 saturated heterocycles. The lowest BCUT2D eigenvalue weighted by atomic mass is 9.72. The van der Waals surface area contributed by atoms with Crippen LogP contribution in [0.4, 0.5) is 11.8 Å². The number of benzene rings is 1. The van der Waals surface area contributed by atoms with E-state index in [4.69, 9.17) is 16.1 Å². The average molecular weight is 454 g/mol. The number of nitrogens with one attached hydrogen (secondary N) is 2. The molecule has 3 heterocycles. The summed E-state index contributed by atoms with van der Waals surface area (Å²) in [5.41, 5.74) is 11.7. The van der Waals surface area contributed by atoms with Crippen molar-refractivity contribution in [2.24, 2.45) is 0 Å². The number of carboxylic acid groups (broad SMARTS) is 1. The Kier molecular flexibility index (Phi) is 5.70. The molecule has 0 aliphatic carbocycles. The van der Waals surface area contributed by atoms with Crippen LogP contribution in [0.25, 0.3) is 0 Å². The molecule has 1 aromatic carbocycles. The first kappa shape index (κ1) is 21.8. The topological polar surface area (TPSA) is 224 Å². The number of aromatic carboxylic acids is 1. The van der Waals surface area contributed by atoms with Crippen LogP contribution in [0.3, 0.4) is 0 Å². The number of nitrogens with zero attached hydrogens (tertiary/aromatic N) is 4. The van der Waals surface area contributed by atoms with E-state index in [1.165, 1.54) is 16.9 Å². The van der Waals surface area contributed by atoms with Crippen molar-refractivity contribution in [3.8, 4) is 5.75 Å². The Morgan fingerprint density at radius 3 is 2.88 bits per heavy atom. The van der Waals surface area contributed by atoms with Gasteiger partial charge in [0.1, 0.15) is 18.1 Å². The molecule has 0 radical (unpaired) electrons. The molecule has 4 rings (SSSR count). The van der Waals surface area contributed by atoms with Crippen molar-refractivity contribution >= 4 is 30.8 Å². The molecule has 8 N–H and O–H groups in total. The van der Waals surface area contributed by atoms with Crippen LogP contribution in [0.15, 0.2) is 29.2 Å². The van der Waals surface area contributed by atoms with Crippen molar-refractivity contribution in [1.29, 1.82) is 0 Å². The van der Waals surface area contributed by atoms with Gasteiger partial charge in [0.25, 0.3) is 5.56 Å². The van der Waals surface area contributed by atoms with Gasteiger partial charge >= 0.3 is 13.1 Å². The Balaban J connectivity index is 1.40. The van der Waals surface area contributed by atoms with E-state index < -0.39 is 30.5 Å². The fraction of sp³-hybridized carbons (Fsp3) is 0.222. The van der Waals surface area contributed by atoms with Crippen LogP contribution in [0.5, 0.6) is 5.75 Å². The molecule has 1 amide bonds. The van der Waals surface area contributed by atoms with Crippen molar-refractivity contribution in [3.63, 3.8) is 0 Å². The van der Waals surface area contributed by atoms with Crippen LogP contribution in [0.2, 0.25) is 0 Å². The van der Waals surface area contributed by atoms with Gasteiger partial charge in [-0.15, -0.1) is 5.10 Å². The molecule has 3 aromatic rings. The number of H-pyrrole nitrogens is 1. The van der Waals surface area contributed by atoms with E-state index in [0.717, 1.165) is 0 Å². The monoisotopic (exact) mass is 454 g/mol. The van der Waals surface area contributed by atoms with E-state index in [-0.39, 0.29) is 48.0 Å². The Morgan fingerprint density at radius 1 is 1.36 bits per heavy atom. The minimum atomic E-state index is -1.43. The Morgan fingerprint density at radius 2 is 2.15 bits per heavy atom. The molecule has 1 aliphatic rings. The standard InChI is InChI=1S/C18H19BN8O6/c20-15-11(16(29)24-18(21)23-15)5-9-6-27(26-25-9)7-13(28)22-12-4-8-2-1-3-10(17(30)31)14(8)33-19(12)32/h1-3,6,12,32H,4-5,7H2,(H,22,28)(H,30,31)(H5,20,21,23,24,29)/t12-/m0/s1. The minimum absolute atomic E-state index is 0.0267. The SMILES string of the molecule is Nc1nc(N)c(Cc2cn(CC(=O)N[C@H]3Cc4cccc(C(=O)O)c4OB3O)nn2)c(=O)[nH]1. The van der Waals surface area contributed by atoms with Crippen LogP contribution < -0.4 is 27.0 Å². The van der Waals surface area contributed by atoms with E-state index in [0.29, 0.717) is 11.3 Å². The zero-order chi connectivity index (χ0) is 23.7. The second kappa shape index (κ2) is 8.62. The Labute approximate surface area is 185 Å². The lowest BCUT2D eigenvalue weighted by Gasteiger charge is -2.28. The highest BCUT2D eigenvalue weighted by Crippen LogP contribution is 2.30. The second-order valence-electron chi connectivity index (χ2n) is 7.38. The predicted octanol–water partition coefficient (Wildman–Crippen LogP) is -2.05. The minimum Gasteiger partial charge on any atom is -0.534 e. The first-order valence-corrected chi connectivity index (χ1v) is 9.73. The van der Waals surface area contributed by atoms with Crippen molar-refractivity contribution in [3.05, 3.63) is 57.1 Å². The third-order valence-electron chi connectivity index (χ3n) is 5.01. The smallest absolute Gasteiger partial charge is 0.534 e. The van der Waals surface area contributed by atoms with E-state index >= 15 is 0 Å². The average Bonchev–Trinajstić information content (AvgIpc) is 3.17.